The molecule has 78 valence electrons. The Balaban J connectivity index is 2.56. The fourth-order valence-electron chi connectivity index (χ4n) is 1.11. The highest BCUT2D eigenvalue weighted by molar-refractivity contribution is 6.30. The first-order valence-corrected chi connectivity index (χ1v) is 5.02. The lowest BCUT2D eigenvalue weighted by Gasteiger charge is -2.03. The number of hydrogen-bond acceptors (Lipinski definition) is 2. The first kappa shape index (κ1) is 11.1. The molecule has 0 aliphatic heterocycles. The predicted molar refractivity (Wildman–Crippen MR) is 55.6 cm³/mol. The van der Waals surface area contributed by atoms with Crippen LogP contribution in [0.5, 0.6) is 0 Å². The minimum absolute atomic E-state index is 0.312. The summed E-state index contributed by atoms with van der Waals surface area (Å²) >= 11 is 5.74. The summed E-state index contributed by atoms with van der Waals surface area (Å²) in [5.74, 6) is -0.312. The zero-order valence-corrected chi connectivity index (χ0v) is 9.17. The quantitative estimate of drug-likeness (QED) is 0.571. The van der Waals surface area contributed by atoms with Gasteiger partial charge in [-0.2, -0.15) is 0 Å². The van der Waals surface area contributed by atoms with Gasteiger partial charge in [0.2, 0.25) is 0 Å². The van der Waals surface area contributed by atoms with Crippen molar-refractivity contribution in [2.45, 2.75) is 19.8 Å². The minimum atomic E-state index is -0.312. The number of esters is 1. The van der Waals surface area contributed by atoms with E-state index in [0.29, 0.717) is 17.3 Å². The lowest BCUT2D eigenvalue weighted by atomic mass is 10.3. The van der Waals surface area contributed by atoms with Crippen LogP contribution in [0.3, 0.4) is 0 Å². The molecule has 0 unspecified atom stereocenters. The topological polar surface area (TPSA) is 31.2 Å². The molecule has 14 heavy (non-hydrogen) atoms. The Bertz CT molecular complexity index is 320. The summed E-state index contributed by atoms with van der Waals surface area (Å²) < 4.78 is 6.71. The summed E-state index contributed by atoms with van der Waals surface area (Å²) in [5, 5.41) is 0.551. The second-order valence-electron chi connectivity index (χ2n) is 3.14. The van der Waals surface area contributed by atoms with E-state index in [1.54, 1.807) is 23.9 Å². The molecule has 1 aromatic heterocycles. The van der Waals surface area contributed by atoms with Crippen LogP contribution in [0.15, 0.2) is 12.3 Å². The smallest absolute Gasteiger partial charge is 0.354 e. The maximum Gasteiger partial charge on any atom is 0.354 e. The average molecular weight is 216 g/mol. The third kappa shape index (κ3) is 2.77. The number of aromatic nitrogens is 1. The zero-order chi connectivity index (χ0) is 10.6. The van der Waals surface area contributed by atoms with Crippen molar-refractivity contribution in [1.82, 2.24) is 4.57 Å². The highest BCUT2D eigenvalue weighted by Crippen LogP contribution is 2.13. The largest absolute Gasteiger partial charge is 0.461 e. The van der Waals surface area contributed by atoms with Gasteiger partial charge in [-0.05, 0) is 12.5 Å². The van der Waals surface area contributed by atoms with E-state index in [9.17, 15) is 4.79 Å². The molecule has 0 spiro atoms. The van der Waals surface area contributed by atoms with Gasteiger partial charge in [-0.1, -0.05) is 24.9 Å². The van der Waals surface area contributed by atoms with E-state index in [0.717, 1.165) is 12.8 Å². The van der Waals surface area contributed by atoms with Gasteiger partial charge in [-0.3, -0.25) is 0 Å². The van der Waals surface area contributed by atoms with Gasteiger partial charge in [-0.25, -0.2) is 4.79 Å². The van der Waals surface area contributed by atoms with Crippen LogP contribution in [0.2, 0.25) is 5.02 Å². The third-order valence-electron chi connectivity index (χ3n) is 1.91. The van der Waals surface area contributed by atoms with Crippen LogP contribution in [-0.2, 0) is 11.8 Å². The van der Waals surface area contributed by atoms with Crippen molar-refractivity contribution in [2.24, 2.45) is 7.05 Å². The fraction of sp³-hybridized carbons (Fsp3) is 0.500. The van der Waals surface area contributed by atoms with Crippen LogP contribution in [0.4, 0.5) is 0 Å². The zero-order valence-electron chi connectivity index (χ0n) is 8.42. The molecule has 0 saturated heterocycles. The van der Waals surface area contributed by atoms with Crippen LogP contribution < -0.4 is 0 Å². The maximum absolute atomic E-state index is 11.5. The first-order valence-electron chi connectivity index (χ1n) is 4.64. The second kappa shape index (κ2) is 5.05. The monoisotopic (exact) mass is 215 g/mol. The highest BCUT2D eigenvalue weighted by atomic mass is 35.5. The van der Waals surface area contributed by atoms with Gasteiger partial charge in [0, 0.05) is 13.2 Å². The molecule has 0 aliphatic rings. The molecule has 0 N–H and O–H groups in total. The molecule has 3 nitrogen and oxygen atoms in total. The molecule has 0 bridgehead atoms. The van der Waals surface area contributed by atoms with E-state index in [4.69, 9.17) is 16.3 Å². The summed E-state index contributed by atoms with van der Waals surface area (Å²) in [5.41, 5.74) is 0.492. The van der Waals surface area contributed by atoms with Crippen molar-refractivity contribution in [3.05, 3.63) is 23.0 Å². The molecule has 0 amide bonds. The van der Waals surface area contributed by atoms with Gasteiger partial charge in [0.05, 0.1) is 11.6 Å². The third-order valence-corrected chi connectivity index (χ3v) is 2.12. The molecule has 0 radical (unpaired) electrons. The molecule has 0 aromatic carbocycles. The van der Waals surface area contributed by atoms with E-state index in [1.165, 1.54) is 0 Å². The lowest BCUT2D eigenvalue weighted by Crippen LogP contribution is -2.10. The number of carbonyl (C=O) groups is 1. The highest BCUT2D eigenvalue weighted by Gasteiger charge is 2.11. The normalized spacial score (nSPS) is 10.2. The number of hydrogen-bond donors (Lipinski definition) is 0. The molecule has 0 saturated carbocycles. The van der Waals surface area contributed by atoms with Gasteiger partial charge in [0.25, 0.3) is 0 Å². The van der Waals surface area contributed by atoms with Crippen molar-refractivity contribution >= 4 is 17.6 Å². The first-order chi connectivity index (χ1) is 6.65. The Kier molecular flexibility index (Phi) is 4.01. The second-order valence-corrected chi connectivity index (χ2v) is 3.58. The number of ether oxygens (including phenoxy) is 1. The van der Waals surface area contributed by atoms with Crippen molar-refractivity contribution in [3.63, 3.8) is 0 Å². The average Bonchev–Trinajstić information content (AvgIpc) is 2.45. The van der Waals surface area contributed by atoms with Crippen LogP contribution in [0, 0.1) is 0 Å². The Hall–Kier alpha value is -0.960. The standard InChI is InChI=1S/C10H14ClNO2/c1-3-4-5-14-10(13)9-6-8(11)7-12(9)2/h6-7H,3-5H2,1-2H3. The minimum Gasteiger partial charge on any atom is -0.461 e. The molecule has 0 atom stereocenters. The van der Waals surface area contributed by atoms with Gasteiger partial charge in [0.15, 0.2) is 0 Å². The number of halogens is 1. The van der Waals surface area contributed by atoms with Crippen LogP contribution in [-0.4, -0.2) is 17.1 Å². The SMILES string of the molecule is CCCCOC(=O)c1cc(Cl)cn1C. The maximum atomic E-state index is 11.5. The molecule has 4 heteroatoms. The van der Waals surface area contributed by atoms with E-state index in [-0.39, 0.29) is 5.97 Å². The summed E-state index contributed by atoms with van der Waals surface area (Å²) in [7, 11) is 1.77. The van der Waals surface area contributed by atoms with E-state index >= 15 is 0 Å². The number of aryl methyl sites for hydroxylation is 1. The fourth-order valence-corrected chi connectivity index (χ4v) is 1.36. The molecular formula is C10H14ClNO2. The van der Waals surface area contributed by atoms with E-state index in [1.807, 2.05) is 6.92 Å². The Morgan fingerprint density at radius 2 is 2.36 bits per heavy atom. The number of unbranched alkanes of at least 4 members (excludes halogenated alkanes) is 1. The van der Waals surface area contributed by atoms with Gasteiger partial charge in [0.1, 0.15) is 5.69 Å². The molecule has 0 aliphatic carbocycles. The molecule has 0 fully saturated rings. The van der Waals surface area contributed by atoms with Crippen molar-refractivity contribution in [2.75, 3.05) is 6.61 Å². The number of rotatable bonds is 4. The Labute approximate surface area is 88.6 Å². The number of nitrogens with zero attached hydrogens (tertiary/aromatic N) is 1. The van der Waals surface area contributed by atoms with Crippen LogP contribution >= 0.6 is 11.6 Å². The summed E-state index contributed by atoms with van der Waals surface area (Å²) in [4.78, 5) is 11.5. The van der Waals surface area contributed by atoms with E-state index < -0.39 is 0 Å². The van der Waals surface area contributed by atoms with Crippen LogP contribution in [0.1, 0.15) is 30.3 Å². The van der Waals surface area contributed by atoms with Crippen LogP contribution in [0.25, 0.3) is 0 Å². The van der Waals surface area contributed by atoms with Crippen molar-refractivity contribution in [3.8, 4) is 0 Å². The predicted octanol–water partition coefficient (Wildman–Crippen LogP) is 2.64. The molecular weight excluding hydrogens is 202 g/mol. The molecule has 1 rings (SSSR count). The van der Waals surface area contributed by atoms with Gasteiger partial charge in [-0.15, -0.1) is 0 Å². The van der Waals surface area contributed by atoms with Gasteiger partial charge >= 0.3 is 5.97 Å². The summed E-state index contributed by atoms with van der Waals surface area (Å²) in [6.07, 6.45) is 3.59. The van der Waals surface area contributed by atoms with Crippen molar-refractivity contribution in [1.29, 1.82) is 0 Å². The molecule has 1 heterocycles. The van der Waals surface area contributed by atoms with E-state index in [2.05, 4.69) is 0 Å². The summed E-state index contributed by atoms with van der Waals surface area (Å²) in [6.45, 7) is 2.52. The summed E-state index contributed by atoms with van der Waals surface area (Å²) in [6, 6.07) is 1.61. The Morgan fingerprint density at radius 3 is 2.86 bits per heavy atom. The van der Waals surface area contributed by atoms with Crippen molar-refractivity contribution < 1.29 is 9.53 Å². The lowest BCUT2D eigenvalue weighted by molar-refractivity contribution is 0.0488. The van der Waals surface area contributed by atoms with Gasteiger partial charge < -0.3 is 9.30 Å². The Morgan fingerprint density at radius 1 is 1.64 bits per heavy atom. The molecule has 1 aromatic rings. The number of carbonyl (C=O) groups excluding carboxylic acids is 1.